The number of likely N-dealkylation sites (tertiary alicyclic amines) is 1. The minimum absolute atomic E-state index is 0.0675. The fourth-order valence-electron chi connectivity index (χ4n) is 3.17. The molecular weight excluding hydrogens is 359 g/mol. The number of hydrogen-bond acceptors (Lipinski definition) is 4. The molecule has 3 rings (SSSR count). The molecule has 2 amide bonds. The number of urea groups is 1. The first kappa shape index (κ1) is 19.1. The molecule has 9 heteroatoms. The molecule has 0 radical (unpaired) electrons. The van der Waals surface area contributed by atoms with Gasteiger partial charge in [0.25, 0.3) is 0 Å². The minimum Gasteiger partial charge on any atom is -0.331 e. The summed E-state index contributed by atoms with van der Waals surface area (Å²) in [5, 5.41) is 2.64. The molecular formula is C18H20F3N5O. The van der Waals surface area contributed by atoms with E-state index in [0.717, 1.165) is 31.0 Å². The number of halogens is 3. The Labute approximate surface area is 154 Å². The van der Waals surface area contributed by atoms with Gasteiger partial charge in [-0.2, -0.15) is 13.2 Å². The van der Waals surface area contributed by atoms with E-state index in [-0.39, 0.29) is 30.1 Å². The number of nitrogens with one attached hydrogen (secondary N) is 1. The van der Waals surface area contributed by atoms with E-state index in [1.165, 1.54) is 6.92 Å². The molecule has 1 aliphatic heterocycles. The van der Waals surface area contributed by atoms with Crippen LogP contribution >= 0.6 is 0 Å². The summed E-state index contributed by atoms with van der Waals surface area (Å²) in [5.74, 6) is -0.0675. The van der Waals surface area contributed by atoms with Crippen LogP contribution in [0.1, 0.15) is 48.2 Å². The van der Waals surface area contributed by atoms with E-state index < -0.39 is 11.9 Å². The van der Waals surface area contributed by atoms with Gasteiger partial charge in [-0.3, -0.25) is 4.98 Å². The van der Waals surface area contributed by atoms with Crippen LogP contribution in [0.15, 0.2) is 30.5 Å². The van der Waals surface area contributed by atoms with Crippen LogP contribution in [0.5, 0.6) is 0 Å². The fraction of sp³-hybridized carbons (Fsp3) is 0.444. The Bertz CT molecular complexity index is 797. The molecule has 1 fully saturated rings. The van der Waals surface area contributed by atoms with Crippen LogP contribution in [0.25, 0.3) is 0 Å². The van der Waals surface area contributed by atoms with Crippen molar-refractivity contribution in [2.24, 2.45) is 0 Å². The van der Waals surface area contributed by atoms with Crippen molar-refractivity contribution in [1.82, 2.24) is 25.2 Å². The van der Waals surface area contributed by atoms with Gasteiger partial charge in [-0.05, 0) is 44.4 Å². The number of carbonyl (C=O) groups excluding carboxylic acids is 1. The normalized spacial score (nSPS) is 17.6. The standard InChI is InChI=1S/C18H20F3N5O/c1-12-10-15(18(19,20)21)25-16(24-12)11-23-17(27)26-9-5-3-7-14(26)13-6-2-4-8-22-13/h2,4,6,8,10,14H,3,5,7,9,11H2,1H3,(H,23,27). The SMILES string of the molecule is Cc1cc(C(F)(F)F)nc(CNC(=O)N2CCCCC2c2ccccn2)n1. The number of piperidine rings is 1. The highest BCUT2D eigenvalue weighted by Crippen LogP contribution is 2.30. The summed E-state index contributed by atoms with van der Waals surface area (Å²) in [6.45, 7) is 1.86. The van der Waals surface area contributed by atoms with Gasteiger partial charge in [-0.1, -0.05) is 6.07 Å². The van der Waals surface area contributed by atoms with E-state index in [1.54, 1.807) is 11.1 Å². The molecule has 0 spiro atoms. The number of aromatic nitrogens is 3. The van der Waals surface area contributed by atoms with Crippen molar-refractivity contribution in [1.29, 1.82) is 0 Å². The summed E-state index contributed by atoms with van der Waals surface area (Å²) < 4.78 is 38.7. The number of alkyl halides is 3. The van der Waals surface area contributed by atoms with Crippen molar-refractivity contribution in [2.45, 2.75) is 44.9 Å². The van der Waals surface area contributed by atoms with Gasteiger partial charge in [-0.15, -0.1) is 0 Å². The molecule has 1 N–H and O–H groups in total. The molecule has 0 aliphatic carbocycles. The Morgan fingerprint density at radius 1 is 1.30 bits per heavy atom. The van der Waals surface area contributed by atoms with E-state index in [4.69, 9.17) is 0 Å². The Morgan fingerprint density at radius 3 is 2.81 bits per heavy atom. The first-order valence-corrected chi connectivity index (χ1v) is 8.72. The molecule has 0 aromatic carbocycles. The van der Waals surface area contributed by atoms with Gasteiger partial charge < -0.3 is 10.2 Å². The van der Waals surface area contributed by atoms with E-state index in [9.17, 15) is 18.0 Å². The predicted molar refractivity (Wildman–Crippen MR) is 91.5 cm³/mol. The highest BCUT2D eigenvalue weighted by atomic mass is 19.4. The number of amides is 2. The highest BCUT2D eigenvalue weighted by Gasteiger charge is 2.33. The zero-order valence-corrected chi connectivity index (χ0v) is 14.8. The van der Waals surface area contributed by atoms with Gasteiger partial charge >= 0.3 is 12.2 Å². The van der Waals surface area contributed by atoms with Gasteiger partial charge in [0.15, 0.2) is 0 Å². The smallest absolute Gasteiger partial charge is 0.331 e. The molecule has 0 saturated carbocycles. The van der Waals surface area contributed by atoms with Crippen LogP contribution < -0.4 is 5.32 Å². The maximum Gasteiger partial charge on any atom is 0.433 e. The van der Waals surface area contributed by atoms with Crippen LogP contribution in [0.4, 0.5) is 18.0 Å². The van der Waals surface area contributed by atoms with Crippen molar-refractivity contribution in [3.63, 3.8) is 0 Å². The molecule has 0 bridgehead atoms. The molecule has 1 atom stereocenters. The number of carbonyl (C=O) groups is 1. The third kappa shape index (κ3) is 4.72. The lowest BCUT2D eigenvalue weighted by atomic mass is 9.99. The second kappa shape index (κ2) is 7.89. The monoisotopic (exact) mass is 379 g/mol. The van der Waals surface area contributed by atoms with Crippen LogP contribution in [0, 0.1) is 6.92 Å². The quantitative estimate of drug-likeness (QED) is 0.884. The topological polar surface area (TPSA) is 71.0 Å². The largest absolute Gasteiger partial charge is 0.433 e. The zero-order valence-electron chi connectivity index (χ0n) is 14.8. The lowest BCUT2D eigenvalue weighted by Crippen LogP contribution is -2.44. The number of nitrogens with zero attached hydrogens (tertiary/aromatic N) is 4. The summed E-state index contributed by atoms with van der Waals surface area (Å²) in [5.41, 5.74) is -0.00648. The molecule has 1 aliphatic rings. The maximum atomic E-state index is 12.9. The maximum absolute atomic E-state index is 12.9. The Balaban J connectivity index is 1.70. The van der Waals surface area contributed by atoms with Gasteiger partial charge in [0, 0.05) is 18.4 Å². The van der Waals surface area contributed by atoms with Crippen molar-refractivity contribution >= 4 is 6.03 Å². The number of rotatable bonds is 3. The van der Waals surface area contributed by atoms with Gasteiger partial charge in [0.2, 0.25) is 0 Å². The fourth-order valence-corrected chi connectivity index (χ4v) is 3.17. The number of aryl methyl sites for hydroxylation is 1. The molecule has 6 nitrogen and oxygen atoms in total. The molecule has 1 unspecified atom stereocenters. The van der Waals surface area contributed by atoms with E-state index in [0.29, 0.717) is 6.54 Å². The van der Waals surface area contributed by atoms with Crippen LogP contribution in [-0.4, -0.2) is 32.4 Å². The van der Waals surface area contributed by atoms with Crippen LogP contribution in [0.3, 0.4) is 0 Å². The Morgan fingerprint density at radius 2 is 2.11 bits per heavy atom. The second-order valence-corrected chi connectivity index (χ2v) is 6.43. The van der Waals surface area contributed by atoms with E-state index in [1.807, 2.05) is 18.2 Å². The molecule has 144 valence electrons. The van der Waals surface area contributed by atoms with Crippen LogP contribution in [-0.2, 0) is 12.7 Å². The van der Waals surface area contributed by atoms with Crippen molar-refractivity contribution in [3.05, 3.63) is 53.4 Å². The average molecular weight is 379 g/mol. The first-order valence-electron chi connectivity index (χ1n) is 8.72. The first-order chi connectivity index (χ1) is 12.8. The van der Waals surface area contributed by atoms with Crippen molar-refractivity contribution in [2.75, 3.05) is 6.54 Å². The molecule has 2 aromatic heterocycles. The number of pyridine rings is 1. The minimum atomic E-state index is -4.55. The third-order valence-corrected chi connectivity index (χ3v) is 4.38. The lowest BCUT2D eigenvalue weighted by molar-refractivity contribution is -0.141. The van der Waals surface area contributed by atoms with Gasteiger partial charge in [0.05, 0.1) is 18.3 Å². The molecule has 2 aromatic rings. The molecule has 1 saturated heterocycles. The summed E-state index contributed by atoms with van der Waals surface area (Å²) in [6.07, 6.45) is -0.219. The summed E-state index contributed by atoms with van der Waals surface area (Å²) in [6, 6.07) is 5.92. The lowest BCUT2D eigenvalue weighted by Gasteiger charge is -2.35. The van der Waals surface area contributed by atoms with Gasteiger partial charge in [0.1, 0.15) is 11.5 Å². The number of hydrogen-bond donors (Lipinski definition) is 1. The van der Waals surface area contributed by atoms with Crippen LogP contribution in [0.2, 0.25) is 0 Å². The Kier molecular flexibility index (Phi) is 5.57. The van der Waals surface area contributed by atoms with Gasteiger partial charge in [-0.25, -0.2) is 14.8 Å². The predicted octanol–water partition coefficient (Wildman–Crippen LogP) is 3.64. The highest BCUT2D eigenvalue weighted by molar-refractivity contribution is 5.74. The molecule has 3 heterocycles. The summed E-state index contributed by atoms with van der Waals surface area (Å²) in [4.78, 5) is 26.1. The Hall–Kier alpha value is -2.71. The van der Waals surface area contributed by atoms with E-state index >= 15 is 0 Å². The summed E-state index contributed by atoms with van der Waals surface area (Å²) >= 11 is 0. The third-order valence-electron chi connectivity index (χ3n) is 4.38. The summed E-state index contributed by atoms with van der Waals surface area (Å²) in [7, 11) is 0. The average Bonchev–Trinajstić information content (AvgIpc) is 2.66. The molecule has 27 heavy (non-hydrogen) atoms. The van der Waals surface area contributed by atoms with Crippen molar-refractivity contribution < 1.29 is 18.0 Å². The zero-order chi connectivity index (χ0) is 19.4. The second-order valence-electron chi connectivity index (χ2n) is 6.43. The van der Waals surface area contributed by atoms with Crippen molar-refractivity contribution in [3.8, 4) is 0 Å². The van der Waals surface area contributed by atoms with E-state index in [2.05, 4.69) is 20.3 Å².